The van der Waals surface area contributed by atoms with Gasteiger partial charge in [-0.1, -0.05) is 11.2 Å². The molecule has 2 N–H and O–H groups in total. The number of likely N-dealkylation sites (N-methyl/N-ethyl adjacent to an activating group) is 1. The molecule has 3 aromatic rings. The van der Waals surface area contributed by atoms with Crippen LogP contribution in [-0.2, 0) is 16.4 Å². The summed E-state index contributed by atoms with van der Waals surface area (Å²) in [6.45, 7) is 9.63. The number of nitrogens with one attached hydrogen (secondary N) is 1. The molecule has 0 fully saturated rings. The van der Waals surface area contributed by atoms with E-state index < -0.39 is 16.0 Å². The molecule has 0 radical (unpaired) electrons. The second-order valence-electron chi connectivity index (χ2n) is 8.18. The van der Waals surface area contributed by atoms with Crippen LogP contribution in [0.4, 0.5) is 11.5 Å². The van der Waals surface area contributed by atoms with Crippen molar-refractivity contribution in [3.63, 3.8) is 0 Å². The first-order valence-electron chi connectivity index (χ1n) is 10.4. The van der Waals surface area contributed by atoms with Gasteiger partial charge in [-0.2, -0.15) is 0 Å². The lowest BCUT2D eigenvalue weighted by molar-refractivity contribution is 0.0697. The Morgan fingerprint density at radius 2 is 1.76 bits per heavy atom. The number of rotatable bonds is 8. The van der Waals surface area contributed by atoms with E-state index in [-0.39, 0.29) is 22.0 Å². The van der Waals surface area contributed by atoms with Crippen LogP contribution in [-0.4, -0.2) is 43.2 Å². The quantitative estimate of drug-likeness (QED) is 0.507. The van der Waals surface area contributed by atoms with Gasteiger partial charge in [0.1, 0.15) is 17.1 Å². The minimum absolute atomic E-state index is 0.0768. The van der Waals surface area contributed by atoms with Crippen LogP contribution in [0.3, 0.4) is 0 Å². The van der Waals surface area contributed by atoms with E-state index >= 15 is 0 Å². The van der Waals surface area contributed by atoms with E-state index in [1.807, 2.05) is 33.8 Å². The molecule has 2 aromatic heterocycles. The predicted octanol–water partition coefficient (Wildman–Crippen LogP) is 3.79. The van der Waals surface area contributed by atoms with Crippen molar-refractivity contribution in [3.05, 3.63) is 63.7 Å². The monoisotopic (exact) mass is 472 g/mol. The van der Waals surface area contributed by atoms with Crippen LogP contribution in [0, 0.1) is 34.6 Å². The number of hydrogen-bond donors (Lipinski definition) is 2. The number of nitrogens with zero attached hydrogens (tertiary/aromatic N) is 3. The van der Waals surface area contributed by atoms with Gasteiger partial charge in [0.25, 0.3) is 10.0 Å². The van der Waals surface area contributed by atoms with Crippen molar-refractivity contribution in [2.75, 3.05) is 23.2 Å². The summed E-state index contributed by atoms with van der Waals surface area (Å²) in [4.78, 5) is 18.0. The molecule has 33 heavy (non-hydrogen) atoms. The number of carboxylic acids is 1. The number of carbonyl (C=O) groups is 1. The van der Waals surface area contributed by atoms with Crippen LogP contribution < -0.4 is 9.62 Å². The predicted molar refractivity (Wildman–Crippen MR) is 126 cm³/mol. The highest BCUT2D eigenvalue weighted by atomic mass is 32.2. The first-order chi connectivity index (χ1) is 15.4. The van der Waals surface area contributed by atoms with Crippen molar-refractivity contribution in [3.8, 4) is 0 Å². The first-order valence-corrected chi connectivity index (χ1v) is 11.9. The summed E-state index contributed by atoms with van der Waals surface area (Å²) in [6.07, 6.45) is 1.92. The topological polar surface area (TPSA) is 126 Å². The lowest BCUT2D eigenvalue weighted by atomic mass is 10.1. The molecule has 0 unspecified atom stereocenters. The zero-order valence-corrected chi connectivity index (χ0v) is 20.4. The lowest BCUT2D eigenvalue weighted by Gasteiger charge is -2.21. The number of benzene rings is 1. The Morgan fingerprint density at radius 3 is 2.36 bits per heavy atom. The van der Waals surface area contributed by atoms with Gasteiger partial charge in [0.2, 0.25) is 0 Å². The maximum Gasteiger partial charge on any atom is 0.339 e. The Balaban J connectivity index is 1.86. The molecule has 10 heteroatoms. The number of aromatic nitrogens is 2. The van der Waals surface area contributed by atoms with Gasteiger partial charge in [-0.15, -0.1) is 0 Å². The summed E-state index contributed by atoms with van der Waals surface area (Å²) in [7, 11) is -2.19. The van der Waals surface area contributed by atoms with E-state index in [0.29, 0.717) is 18.5 Å². The zero-order chi connectivity index (χ0) is 24.5. The Labute approximate surface area is 193 Å². The third-order valence-corrected chi connectivity index (χ3v) is 7.19. The molecule has 0 atom stereocenters. The number of carboxylic acid groups (broad SMARTS) is 1. The van der Waals surface area contributed by atoms with Gasteiger partial charge >= 0.3 is 5.97 Å². The summed E-state index contributed by atoms with van der Waals surface area (Å²) in [5.41, 5.74) is 4.17. The number of hydrogen-bond acceptors (Lipinski definition) is 7. The Morgan fingerprint density at radius 1 is 1.09 bits per heavy atom. The minimum Gasteiger partial charge on any atom is -0.478 e. The molecule has 3 rings (SSSR count). The van der Waals surface area contributed by atoms with Crippen LogP contribution in [0.2, 0.25) is 0 Å². The fourth-order valence-corrected chi connectivity index (χ4v) is 5.00. The third-order valence-electron chi connectivity index (χ3n) is 5.67. The van der Waals surface area contributed by atoms with Gasteiger partial charge in [-0.25, -0.2) is 18.2 Å². The Hall–Kier alpha value is -3.40. The van der Waals surface area contributed by atoms with Crippen molar-refractivity contribution in [1.29, 1.82) is 0 Å². The molecule has 0 aliphatic rings. The minimum atomic E-state index is -3.92. The summed E-state index contributed by atoms with van der Waals surface area (Å²) in [5, 5.41) is 13.7. The van der Waals surface area contributed by atoms with Crippen LogP contribution in [0.5, 0.6) is 0 Å². The Bertz CT molecular complexity index is 1300. The highest BCUT2D eigenvalue weighted by Gasteiger charge is 2.22. The molecule has 0 aliphatic carbocycles. The standard InChI is InChI=1S/C23H28N4O5S/c1-13-9-15(3)21(10-14(13)2)33(30,31)26-18-11-20(23(28)29)22(24-12-18)27(6)8-7-19-16(4)25-32-17(19)5/h9-12,26H,7-8H2,1-6H3,(H,28,29). The van der Waals surface area contributed by atoms with Crippen molar-refractivity contribution < 1.29 is 22.8 Å². The van der Waals surface area contributed by atoms with Crippen molar-refractivity contribution in [2.24, 2.45) is 0 Å². The summed E-state index contributed by atoms with van der Waals surface area (Å²) in [6, 6.07) is 4.70. The van der Waals surface area contributed by atoms with Gasteiger partial charge in [0.05, 0.1) is 22.5 Å². The van der Waals surface area contributed by atoms with Gasteiger partial charge in [0, 0.05) is 19.2 Å². The van der Waals surface area contributed by atoms with Crippen LogP contribution in [0.1, 0.15) is 44.1 Å². The molecule has 2 heterocycles. The molecule has 0 aliphatic heterocycles. The molecule has 0 spiro atoms. The number of aromatic carboxylic acids is 1. The summed E-state index contributed by atoms with van der Waals surface area (Å²) >= 11 is 0. The van der Waals surface area contributed by atoms with Crippen molar-refractivity contribution in [1.82, 2.24) is 10.1 Å². The fourth-order valence-electron chi connectivity index (χ4n) is 3.65. The highest BCUT2D eigenvalue weighted by Crippen LogP contribution is 2.26. The van der Waals surface area contributed by atoms with Crippen LogP contribution >= 0.6 is 0 Å². The average Bonchev–Trinajstić information content (AvgIpc) is 3.05. The molecule has 0 bridgehead atoms. The van der Waals surface area contributed by atoms with E-state index in [9.17, 15) is 18.3 Å². The van der Waals surface area contributed by atoms with Crippen molar-refractivity contribution in [2.45, 2.75) is 45.9 Å². The molecule has 0 amide bonds. The second-order valence-corrected chi connectivity index (χ2v) is 9.83. The van der Waals surface area contributed by atoms with Gasteiger partial charge < -0.3 is 14.5 Å². The Kier molecular flexibility index (Phi) is 6.78. The van der Waals surface area contributed by atoms with Gasteiger partial charge in [-0.05, 0) is 69.9 Å². The van der Waals surface area contributed by atoms with E-state index in [1.165, 1.54) is 12.3 Å². The molecule has 9 nitrogen and oxygen atoms in total. The average molecular weight is 473 g/mol. The molecular formula is C23H28N4O5S. The molecule has 176 valence electrons. The molecule has 1 aromatic carbocycles. The third kappa shape index (κ3) is 5.16. The fraction of sp³-hybridized carbons (Fsp3) is 0.348. The lowest BCUT2D eigenvalue weighted by Crippen LogP contribution is -2.24. The smallest absolute Gasteiger partial charge is 0.339 e. The SMILES string of the molecule is Cc1cc(C)c(S(=O)(=O)Nc2cnc(N(C)CCc3c(C)noc3C)c(C(=O)O)c2)cc1C. The molecular weight excluding hydrogens is 444 g/mol. The number of anilines is 2. The zero-order valence-electron chi connectivity index (χ0n) is 19.6. The largest absolute Gasteiger partial charge is 0.478 e. The van der Waals surface area contributed by atoms with E-state index in [0.717, 1.165) is 28.1 Å². The van der Waals surface area contributed by atoms with Gasteiger partial charge in [-0.3, -0.25) is 4.72 Å². The first kappa shape index (κ1) is 24.2. The number of aryl methyl sites for hydroxylation is 5. The number of sulfonamides is 1. The maximum absolute atomic E-state index is 13.0. The molecule has 0 saturated heterocycles. The van der Waals surface area contributed by atoms with E-state index in [2.05, 4.69) is 14.9 Å². The molecule has 0 saturated carbocycles. The normalized spacial score (nSPS) is 11.5. The summed E-state index contributed by atoms with van der Waals surface area (Å²) < 4.78 is 33.6. The summed E-state index contributed by atoms with van der Waals surface area (Å²) in [5.74, 6) is -0.247. The highest BCUT2D eigenvalue weighted by molar-refractivity contribution is 7.92. The van der Waals surface area contributed by atoms with Crippen molar-refractivity contribution >= 4 is 27.5 Å². The van der Waals surface area contributed by atoms with Crippen LogP contribution in [0.15, 0.2) is 33.8 Å². The second kappa shape index (κ2) is 9.22. The number of pyridine rings is 1. The van der Waals surface area contributed by atoms with Gasteiger partial charge in [0.15, 0.2) is 0 Å². The van der Waals surface area contributed by atoms with E-state index in [1.54, 1.807) is 24.9 Å². The van der Waals surface area contributed by atoms with E-state index in [4.69, 9.17) is 4.52 Å². The maximum atomic E-state index is 13.0. The van der Waals surface area contributed by atoms with Crippen LogP contribution in [0.25, 0.3) is 0 Å².